The summed E-state index contributed by atoms with van der Waals surface area (Å²) in [6.07, 6.45) is -2.44. The number of nitrogens with one attached hydrogen (secondary N) is 2. The highest BCUT2D eigenvalue weighted by Gasteiger charge is 2.28. The Kier molecular flexibility index (Phi) is 12.3. The van der Waals surface area contributed by atoms with Gasteiger partial charge in [-0.15, -0.1) is 24.0 Å². The minimum absolute atomic E-state index is 0. The van der Waals surface area contributed by atoms with Gasteiger partial charge in [0.05, 0.1) is 13.2 Å². The standard InChI is InChI=1S/C19H28F3N3O3.HI/c1-23-18(24-7-3-8-26-12-16-6-9-27-13-16)25-11-15-4-2-5-17(10-15)28-14-19(20,21)22;/h2,4-5,10,16H,3,6-9,11-14H2,1H3,(H2,23,24,25);1H. The molecule has 29 heavy (non-hydrogen) atoms. The van der Waals surface area contributed by atoms with Gasteiger partial charge in [0.15, 0.2) is 12.6 Å². The lowest BCUT2D eigenvalue weighted by atomic mass is 10.1. The summed E-state index contributed by atoms with van der Waals surface area (Å²) in [5.74, 6) is 1.31. The second-order valence-corrected chi connectivity index (χ2v) is 6.56. The molecule has 1 aliphatic heterocycles. The maximum atomic E-state index is 12.2. The fourth-order valence-corrected chi connectivity index (χ4v) is 2.66. The number of nitrogens with zero attached hydrogens (tertiary/aromatic N) is 1. The fourth-order valence-electron chi connectivity index (χ4n) is 2.66. The Hall–Kier alpha value is -1.27. The predicted molar refractivity (Wildman–Crippen MR) is 116 cm³/mol. The van der Waals surface area contributed by atoms with Crippen molar-refractivity contribution in [1.29, 1.82) is 0 Å². The Bertz CT molecular complexity index is 612. The van der Waals surface area contributed by atoms with Crippen molar-refractivity contribution < 1.29 is 27.4 Å². The minimum atomic E-state index is -4.35. The number of guanidine groups is 1. The van der Waals surface area contributed by atoms with Gasteiger partial charge >= 0.3 is 6.18 Å². The number of hydrogen-bond acceptors (Lipinski definition) is 4. The molecule has 1 unspecified atom stereocenters. The molecule has 1 aromatic carbocycles. The van der Waals surface area contributed by atoms with Gasteiger partial charge in [0.2, 0.25) is 0 Å². The predicted octanol–water partition coefficient (Wildman–Crippen LogP) is 3.35. The molecule has 0 aliphatic carbocycles. The van der Waals surface area contributed by atoms with E-state index in [1.807, 2.05) is 0 Å². The fraction of sp³-hybridized carbons (Fsp3) is 0.632. The lowest BCUT2D eigenvalue weighted by Crippen LogP contribution is -2.37. The third-order valence-corrected chi connectivity index (χ3v) is 4.12. The van der Waals surface area contributed by atoms with E-state index in [0.29, 0.717) is 31.6 Å². The minimum Gasteiger partial charge on any atom is -0.484 e. The third kappa shape index (κ3) is 11.5. The van der Waals surface area contributed by atoms with Crippen LogP contribution in [0, 0.1) is 5.92 Å². The van der Waals surface area contributed by atoms with Gasteiger partial charge in [-0.05, 0) is 30.5 Å². The van der Waals surface area contributed by atoms with Crippen LogP contribution in [-0.4, -0.2) is 58.8 Å². The van der Waals surface area contributed by atoms with Crippen LogP contribution in [0.5, 0.6) is 5.75 Å². The summed E-state index contributed by atoms with van der Waals surface area (Å²) in [5.41, 5.74) is 0.796. The number of benzene rings is 1. The number of ether oxygens (including phenoxy) is 3. The molecule has 1 aliphatic rings. The van der Waals surface area contributed by atoms with Crippen LogP contribution < -0.4 is 15.4 Å². The molecular formula is C19H29F3IN3O3. The average molecular weight is 531 g/mol. The summed E-state index contributed by atoms with van der Waals surface area (Å²) in [5, 5.41) is 6.31. The van der Waals surface area contributed by atoms with Gasteiger partial charge in [-0.1, -0.05) is 12.1 Å². The van der Waals surface area contributed by atoms with E-state index in [2.05, 4.69) is 15.6 Å². The molecule has 0 radical (unpaired) electrons. The van der Waals surface area contributed by atoms with Gasteiger partial charge in [-0.2, -0.15) is 13.2 Å². The molecule has 166 valence electrons. The van der Waals surface area contributed by atoms with Crippen LogP contribution in [0.25, 0.3) is 0 Å². The number of alkyl halides is 3. The topological polar surface area (TPSA) is 64.1 Å². The van der Waals surface area contributed by atoms with E-state index in [-0.39, 0.29) is 29.7 Å². The molecule has 1 aromatic rings. The zero-order valence-corrected chi connectivity index (χ0v) is 18.8. The lowest BCUT2D eigenvalue weighted by molar-refractivity contribution is -0.153. The first kappa shape index (κ1) is 25.8. The van der Waals surface area contributed by atoms with Crippen LogP contribution in [0.15, 0.2) is 29.3 Å². The molecule has 0 amide bonds. The summed E-state index contributed by atoms with van der Waals surface area (Å²) >= 11 is 0. The first-order valence-electron chi connectivity index (χ1n) is 9.35. The molecule has 0 aromatic heterocycles. The monoisotopic (exact) mass is 531 g/mol. The Morgan fingerprint density at radius 2 is 2.14 bits per heavy atom. The Morgan fingerprint density at radius 3 is 2.83 bits per heavy atom. The van der Waals surface area contributed by atoms with Crippen molar-refractivity contribution in [3.63, 3.8) is 0 Å². The van der Waals surface area contributed by atoms with Gasteiger partial charge in [-0.25, -0.2) is 0 Å². The molecule has 1 atom stereocenters. The average Bonchev–Trinajstić information content (AvgIpc) is 3.18. The van der Waals surface area contributed by atoms with Crippen molar-refractivity contribution in [2.24, 2.45) is 10.9 Å². The van der Waals surface area contributed by atoms with Crippen LogP contribution in [0.4, 0.5) is 13.2 Å². The smallest absolute Gasteiger partial charge is 0.422 e. The van der Waals surface area contributed by atoms with Crippen molar-refractivity contribution in [2.45, 2.75) is 25.6 Å². The van der Waals surface area contributed by atoms with E-state index in [1.165, 1.54) is 6.07 Å². The molecular weight excluding hydrogens is 502 g/mol. The molecule has 2 N–H and O–H groups in total. The first-order valence-corrected chi connectivity index (χ1v) is 9.35. The van der Waals surface area contributed by atoms with Gasteiger partial charge in [-0.3, -0.25) is 4.99 Å². The number of rotatable bonds is 10. The van der Waals surface area contributed by atoms with E-state index < -0.39 is 12.8 Å². The normalized spacial score (nSPS) is 17.0. The van der Waals surface area contributed by atoms with Crippen molar-refractivity contribution in [2.75, 3.05) is 46.6 Å². The van der Waals surface area contributed by atoms with Crippen molar-refractivity contribution in [1.82, 2.24) is 10.6 Å². The Morgan fingerprint density at radius 1 is 1.31 bits per heavy atom. The van der Waals surface area contributed by atoms with E-state index in [0.717, 1.165) is 38.2 Å². The van der Waals surface area contributed by atoms with Crippen LogP contribution >= 0.6 is 24.0 Å². The van der Waals surface area contributed by atoms with E-state index in [4.69, 9.17) is 14.2 Å². The van der Waals surface area contributed by atoms with Crippen molar-refractivity contribution in [3.8, 4) is 5.75 Å². The molecule has 2 rings (SSSR count). The highest BCUT2D eigenvalue weighted by atomic mass is 127. The highest BCUT2D eigenvalue weighted by Crippen LogP contribution is 2.19. The molecule has 0 saturated carbocycles. The van der Waals surface area contributed by atoms with Crippen LogP contribution in [0.1, 0.15) is 18.4 Å². The van der Waals surface area contributed by atoms with E-state index >= 15 is 0 Å². The van der Waals surface area contributed by atoms with Gasteiger partial charge in [0, 0.05) is 39.3 Å². The largest absolute Gasteiger partial charge is 0.484 e. The summed E-state index contributed by atoms with van der Waals surface area (Å²) in [6.45, 7) is 2.84. The SMILES string of the molecule is CN=C(NCCCOCC1CCOC1)NCc1cccc(OCC(F)(F)F)c1.I. The van der Waals surface area contributed by atoms with E-state index in [9.17, 15) is 13.2 Å². The van der Waals surface area contributed by atoms with Gasteiger partial charge in [0.1, 0.15) is 5.75 Å². The molecule has 0 spiro atoms. The maximum Gasteiger partial charge on any atom is 0.422 e. The quantitative estimate of drug-likeness (QED) is 0.210. The molecule has 6 nitrogen and oxygen atoms in total. The maximum absolute atomic E-state index is 12.2. The zero-order valence-electron chi connectivity index (χ0n) is 16.5. The second kappa shape index (κ2) is 13.9. The lowest BCUT2D eigenvalue weighted by Gasteiger charge is -2.14. The first-order chi connectivity index (χ1) is 13.5. The van der Waals surface area contributed by atoms with Crippen molar-refractivity contribution >= 4 is 29.9 Å². The summed E-state index contributed by atoms with van der Waals surface area (Å²) in [7, 11) is 1.66. The molecule has 1 saturated heterocycles. The van der Waals surface area contributed by atoms with Gasteiger partial charge < -0.3 is 24.8 Å². The Balaban J connectivity index is 0.00000420. The van der Waals surface area contributed by atoms with Crippen LogP contribution in [0.2, 0.25) is 0 Å². The van der Waals surface area contributed by atoms with E-state index in [1.54, 1.807) is 25.2 Å². The van der Waals surface area contributed by atoms with Gasteiger partial charge in [0.25, 0.3) is 0 Å². The second-order valence-electron chi connectivity index (χ2n) is 6.56. The summed E-state index contributed by atoms with van der Waals surface area (Å²) in [4.78, 5) is 4.13. The number of aliphatic imine (C=N–C) groups is 1. The summed E-state index contributed by atoms with van der Waals surface area (Å²) < 4.78 is 52.4. The number of hydrogen-bond donors (Lipinski definition) is 2. The third-order valence-electron chi connectivity index (χ3n) is 4.12. The Labute approximate surface area is 186 Å². The highest BCUT2D eigenvalue weighted by molar-refractivity contribution is 14.0. The summed E-state index contributed by atoms with van der Waals surface area (Å²) in [6, 6.07) is 6.54. The van der Waals surface area contributed by atoms with Crippen molar-refractivity contribution in [3.05, 3.63) is 29.8 Å². The van der Waals surface area contributed by atoms with Crippen LogP contribution in [0.3, 0.4) is 0 Å². The molecule has 0 bridgehead atoms. The zero-order chi connectivity index (χ0) is 20.2. The van der Waals surface area contributed by atoms with Crippen LogP contribution in [-0.2, 0) is 16.0 Å². The molecule has 10 heteroatoms. The molecule has 1 fully saturated rings. The number of halogens is 4. The molecule has 1 heterocycles.